The van der Waals surface area contributed by atoms with E-state index in [1.807, 2.05) is 66.7 Å². The largest absolute Gasteiger partial charge is 0.268 e. The van der Waals surface area contributed by atoms with Crippen LogP contribution >= 0.6 is 38.5 Å². The van der Waals surface area contributed by atoms with Gasteiger partial charge in [0.2, 0.25) is 0 Å². The van der Waals surface area contributed by atoms with E-state index < -0.39 is 0 Å². The second-order valence-electron chi connectivity index (χ2n) is 5.87. The van der Waals surface area contributed by atoms with Crippen molar-refractivity contribution in [2.45, 2.75) is 0 Å². The molecule has 2 aromatic heterocycles. The van der Waals surface area contributed by atoms with Gasteiger partial charge in [0.05, 0.1) is 16.6 Å². The molecule has 0 aliphatic rings. The molecule has 4 nitrogen and oxygen atoms in total. The Balaban J connectivity index is 1.96. The summed E-state index contributed by atoms with van der Waals surface area (Å²) in [5.41, 5.74) is 2.30. The van der Waals surface area contributed by atoms with E-state index in [0.717, 1.165) is 19.3 Å². The van der Waals surface area contributed by atoms with Gasteiger partial charge in [-0.15, -0.1) is 0 Å². The molecule has 0 saturated carbocycles. The lowest BCUT2D eigenvalue weighted by Crippen LogP contribution is -2.22. The quantitative estimate of drug-likeness (QED) is 0.337. The molecular formula is C21H13BrIN3O. The number of benzene rings is 2. The van der Waals surface area contributed by atoms with Crippen LogP contribution < -0.4 is 5.56 Å². The zero-order chi connectivity index (χ0) is 18.8. The Labute approximate surface area is 177 Å². The van der Waals surface area contributed by atoms with Gasteiger partial charge in [-0.2, -0.15) is 0 Å². The molecule has 2 heterocycles. The minimum Gasteiger partial charge on any atom is -0.268 e. The number of hydrogen-bond acceptors (Lipinski definition) is 3. The van der Waals surface area contributed by atoms with Gasteiger partial charge in [-0.25, -0.2) is 4.98 Å². The molecule has 0 aliphatic heterocycles. The van der Waals surface area contributed by atoms with Gasteiger partial charge in [-0.05, 0) is 88.8 Å². The number of pyridine rings is 1. The van der Waals surface area contributed by atoms with Gasteiger partial charge in [-0.3, -0.25) is 14.3 Å². The van der Waals surface area contributed by atoms with Gasteiger partial charge in [0.25, 0.3) is 5.56 Å². The van der Waals surface area contributed by atoms with Gasteiger partial charge in [-0.1, -0.05) is 22.0 Å². The molecule has 4 rings (SSSR count). The third-order valence-electron chi connectivity index (χ3n) is 4.05. The minimum absolute atomic E-state index is 0.0910. The molecule has 27 heavy (non-hydrogen) atoms. The summed E-state index contributed by atoms with van der Waals surface area (Å²) in [5, 5.41) is 0.600. The fourth-order valence-electron chi connectivity index (χ4n) is 2.77. The predicted octanol–water partition coefficient (Wildman–Crippen LogP) is 5.32. The van der Waals surface area contributed by atoms with Crippen LogP contribution in [0.1, 0.15) is 11.4 Å². The van der Waals surface area contributed by atoms with E-state index in [1.165, 1.54) is 0 Å². The Morgan fingerprint density at radius 3 is 2.59 bits per heavy atom. The highest BCUT2D eigenvalue weighted by Gasteiger charge is 2.11. The molecule has 0 saturated heterocycles. The maximum Gasteiger partial charge on any atom is 0.266 e. The topological polar surface area (TPSA) is 47.8 Å². The minimum atomic E-state index is -0.0910. The van der Waals surface area contributed by atoms with Crippen molar-refractivity contribution in [1.29, 1.82) is 0 Å². The highest BCUT2D eigenvalue weighted by Crippen LogP contribution is 2.19. The van der Waals surface area contributed by atoms with Crippen molar-refractivity contribution in [2.75, 3.05) is 0 Å². The molecule has 0 spiro atoms. The Bertz CT molecular complexity index is 1200. The average Bonchev–Trinajstić information content (AvgIpc) is 2.69. The van der Waals surface area contributed by atoms with Crippen LogP contribution in [0.15, 0.2) is 76.3 Å². The number of aromatic nitrogens is 3. The van der Waals surface area contributed by atoms with Crippen molar-refractivity contribution in [2.24, 2.45) is 0 Å². The third kappa shape index (κ3) is 3.86. The van der Waals surface area contributed by atoms with Crippen LogP contribution in [0.3, 0.4) is 0 Å². The number of fused-ring (bicyclic) bond motifs is 1. The zero-order valence-electron chi connectivity index (χ0n) is 14.0. The molecule has 4 aromatic rings. The van der Waals surface area contributed by atoms with Crippen LogP contribution in [0.25, 0.3) is 28.7 Å². The Kier molecular flexibility index (Phi) is 5.18. The molecular weight excluding hydrogens is 517 g/mol. The van der Waals surface area contributed by atoms with E-state index in [9.17, 15) is 4.79 Å². The van der Waals surface area contributed by atoms with Gasteiger partial charge >= 0.3 is 0 Å². The molecule has 0 unspecified atom stereocenters. The highest BCUT2D eigenvalue weighted by atomic mass is 127. The van der Waals surface area contributed by atoms with E-state index in [2.05, 4.69) is 43.5 Å². The predicted molar refractivity (Wildman–Crippen MR) is 121 cm³/mol. The standard InChI is InChI=1S/C21H13BrIN3O/c22-15-4-7-17(8-5-15)26-20(10-3-14-2-1-11-24-13-14)25-19-9-6-16(23)12-18(19)21(26)27/h1-13H. The Morgan fingerprint density at radius 1 is 1.04 bits per heavy atom. The molecule has 0 aliphatic carbocycles. The van der Waals surface area contributed by atoms with Crippen molar-refractivity contribution >= 4 is 61.6 Å². The summed E-state index contributed by atoms with van der Waals surface area (Å²) < 4.78 is 3.59. The number of rotatable bonds is 3. The molecule has 6 heteroatoms. The lowest BCUT2D eigenvalue weighted by molar-refractivity contribution is 0.943. The first kappa shape index (κ1) is 18.1. The summed E-state index contributed by atoms with van der Waals surface area (Å²) in [7, 11) is 0. The molecule has 0 N–H and O–H groups in total. The number of halogens is 2. The van der Waals surface area contributed by atoms with Crippen molar-refractivity contribution < 1.29 is 0 Å². The first-order chi connectivity index (χ1) is 13.1. The summed E-state index contributed by atoms with van der Waals surface area (Å²) in [6, 6.07) is 17.1. The van der Waals surface area contributed by atoms with Crippen LogP contribution in [0.5, 0.6) is 0 Å². The summed E-state index contributed by atoms with van der Waals surface area (Å²) >= 11 is 5.65. The highest BCUT2D eigenvalue weighted by molar-refractivity contribution is 14.1. The lowest BCUT2D eigenvalue weighted by atomic mass is 10.2. The third-order valence-corrected chi connectivity index (χ3v) is 5.25. The summed E-state index contributed by atoms with van der Waals surface area (Å²) in [6.07, 6.45) is 7.24. The van der Waals surface area contributed by atoms with E-state index in [4.69, 9.17) is 4.98 Å². The SMILES string of the molecule is O=c1c2cc(I)ccc2nc(C=Cc2cccnc2)n1-c1ccc(Br)cc1. The van der Waals surface area contributed by atoms with Crippen LogP contribution in [0, 0.1) is 3.57 Å². The van der Waals surface area contributed by atoms with Crippen molar-refractivity contribution in [3.8, 4) is 5.69 Å². The fraction of sp³-hybridized carbons (Fsp3) is 0. The zero-order valence-corrected chi connectivity index (χ0v) is 17.8. The molecule has 2 aromatic carbocycles. The number of hydrogen-bond donors (Lipinski definition) is 0. The summed E-state index contributed by atoms with van der Waals surface area (Å²) in [4.78, 5) is 22.1. The fourth-order valence-corrected chi connectivity index (χ4v) is 3.53. The van der Waals surface area contributed by atoms with Crippen molar-refractivity contribution in [1.82, 2.24) is 14.5 Å². The maximum atomic E-state index is 13.3. The van der Waals surface area contributed by atoms with Gasteiger partial charge in [0.1, 0.15) is 5.82 Å². The first-order valence-corrected chi connectivity index (χ1v) is 10.1. The van der Waals surface area contributed by atoms with E-state index in [-0.39, 0.29) is 5.56 Å². The molecule has 0 amide bonds. The van der Waals surface area contributed by atoms with Gasteiger partial charge in [0.15, 0.2) is 0 Å². The molecule has 0 radical (unpaired) electrons. The normalized spacial score (nSPS) is 11.3. The maximum absolute atomic E-state index is 13.3. The Morgan fingerprint density at radius 2 is 1.85 bits per heavy atom. The number of nitrogens with zero attached hydrogens (tertiary/aromatic N) is 3. The van der Waals surface area contributed by atoms with Crippen LogP contribution in [-0.4, -0.2) is 14.5 Å². The summed E-state index contributed by atoms with van der Waals surface area (Å²) in [6.45, 7) is 0. The second-order valence-corrected chi connectivity index (χ2v) is 8.03. The van der Waals surface area contributed by atoms with Gasteiger partial charge < -0.3 is 0 Å². The van der Waals surface area contributed by atoms with Crippen molar-refractivity contribution in [3.05, 3.63) is 96.8 Å². The lowest BCUT2D eigenvalue weighted by Gasteiger charge is -2.12. The summed E-state index contributed by atoms with van der Waals surface area (Å²) in [5.74, 6) is 0.569. The van der Waals surface area contributed by atoms with Crippen LogP contribution in [0.4, 0.5) is 0 Å². The monoisotopic (exact) mass is 529 g/mol. The van der Waals surface area contributed by atoms with Gasteiger partial charge in [0, 0.05) is 20.4 Å². The molecule has 0 fully saturated rings. The second kappa shape index (κ2) is 7.74. The smallest absolute Gasteiger partial charge is 0.266 e. The van der Waals surface area contributed by atoms with E-state index >= 15 is 0 Å². The van der Waals surface area contributed by atoms with Crippen LogP contribution in [0.2, 0.25) is 0 Å². The molecule has 0 bridgehead atoms. The van der Waals surface area contributed by atoms with Crippen LogP contribution in [-0.2, 0) is 0 Å². The van der Waals surface area contributed by atoms with E-state index in [0.29, 0.717) is 16.7 Å². The van der Waals surface area contributed by atoms with Crippen molar-refractivity contribution in [3.63, 3.8) is 0 Å². The molecule has 132 valence electrons. The first-order valence-electron chi connectivity index (χ1n) is 8.18. The van der Waals surface area contributed by atoms with E-state index in [1.54, 1.807) is 17.0 Å². The molecule has 0 atom stereocenters. The average molecular weight is 530 g/mol. The Hall–Kier alpha value is -2.32.